The molecule has 0 aromatic heterocycles. The van der Waals surface area contributed by atoms with Gasteiger partial charge in [-0.25, -0.2) is 0 Å². The molecular formula is C9H18N2O2. The second-order valence-electron chi connectivity index (χ2n) is 4.22. The molecule has 0 saturated carbocycles. The molecule has 0 aromatic carbocycles. The van der Waals surface area contributed by atoms with Crippen molar-refractivity contribution in [3.05, 3.63) is 0 Å². The van der Waals surface area contributed by atoms with Crippen molar-refractivity contribution in [2.45, 2.75) is 32.4 Å². The Labute approximate surface area is 79.0 Å². The van der Waals surface area contributed by atoms with Gasteiger partial charge in [-0.2, -0.15) is 0 Å². The molecule has 0 spiro atoms. The van der Waals surface area contributed by atoms with E-state index in [1.807, 2.05) is 20.8 Å². The van der Waals surface area contributed by atoms with Crippen molar-refractivity contribution in [3.8, 4) is 0 Å². The first-order chi connectivity index (χ1) is 5.99. The Balaban J connectivity index is 2.31. The number of carbonyl (C=O) groups excluding carboxylic acids is 1. The Hall–Kier alpha value is -0.610. The van der Waals surface area contributed by atoms with Gasteiger partial charge in [0.2, 0.25) is 5.91 Å². The van der Waals surface area contributed by atoms with E-state index in [1.54, 1.807) is 0 Å². The Morgan fingerprint density at radius 2 is 2.15 bits per heavy atom. The second kappa shape index (κ2) is 4.07. The highest BCUT2D eigenvalue weighted by Crippen LogP contribution is 2.07. The normalized spacial score (nSPS) is 24.2. The second-order valence-corrected chi connectivity index (χ2v) is 4.22. The van der Waals surface area contributed by atoms with Gasteiger partial charge in [0.05, 0.1) is 12.2 Å². The molecule has 1 rings (SSSR count). The number of amides is 1. The van der Waals surface area contributed by atoms with E-state index >= 15 is 0 Å². The first-order valence-corrected chi connectivity index (χ1v) is 4.64. The predicted octanol–water partition coefficient (Wildman–Crippen LogP) is -0.110. The van der Waals surface area contributed by atoms with Crippen LogP contribution in [-0.2, 0) is 9.53 Å². The lowest BCUT2D eigenvalue weighted by Gasteiger charge is -2.27. The number of rotatable bonds is 2. The lowest BCUT2D eigenvalue weighted by atomic mass is 10.2. The summed E-state index contributed by atoms with van der Waals surface area (Å²) in [6.45, 7) is 7.92. The molecule has 13 heavy (non-hydrogen) atoms. The van der Waals surface area contributed by atoms with Crippen LogP contribution in [0.3, 0.4) is 0 Å². The maximum atomic E-state index is 11.3. The van der Waals surface area contributed by atoms with Gasteiger partial charge >= 0.3 is 0 Å². The quantitative estimate of drug-likeness (QED) is 0.632. The fraction of sp³-hybridized carbons (Fsp3) is 0.889. The predicted molar refractivity (Wildman–Crippen MR) is 50.5 cm³/mol. The summed E-state index contributed by atoms with van der Waals surface area (Å²) in [4.78, 5) is 11.3. The van der Waals surface area contributed by atoms with Gasteiger partial charge in [-0.3, -0.25) is 4.79 Å². The van der Waals surface area contributed by atoms with Gasteiger partial charge in [0.25, 0.3) is 0 Å². The molecule has 4 nitrogen and oxygen atoms in total. The van der Waals surface area contributed by atoms with Crippen LogP contribution >= 0.6 is 0 Å². The van der Waals surface area contributed by atoms with Crippen molar-refractivity contribution in [2.75, 3.05) is 19.7 Å². The van der Waals surface area contributed by atoms with E-state index < -0.39 is 0 Å². The van der Waals surface area contributed by atoms with Gasteiger partial charge in [0, 0.05) is 13.1 Å². The molecule has 1 fully saturated rings. The van der Waals surface area contributed by atoms with Crippen molar-refractivity contribution in [1.82, 2.24) is 10.6 Å². The smallest absolute Gasteiger partial charge is 0.239 e. The maximum absolute atomic E-state index is 11.3. The molecule has 1 heterocycles. The number of piperazine rings is 1. The zero-order valence-electron chi connectivity index (χ0n) is 8.52. The van der Waals surface area contributed by atoms with Gasteiger partial charge in [-0.05, 0) is 20.8 Å². The molecule has 76 valence electrons. The summed E-state index contributed by atoms with van der Waals surface area (Å²) in [5.41, 5.74) is -0.181. The minimum atomic E-state index is -0.187. The van der Waals surface area contributed by atoms with Crippen LogP contribution in [-0.4, -0.2) is 37.2 Å². The highest BCUT2D eigenvalue weighted by Gasteiger charge is 2.23. The van der Waals surface area contributed by atoms with Gasteiger partial charge in [-0.1, -0.05) is 0 Å². The first kappa shape index (κ1) is 10.5. The molecule has 1 aliphatic heterocycles. The number of ether oxygens (including phenoxy) is 1. The summed E-state index contributed by atoms with van der Waals surface area (Å²) in [6.07, 6.45) is 0. The minimum Gasteiger partial charge on any atom is -0.374 e. The van der Waals surface area contributed by atoms with Gasteiger partial charge in [0.15, 0.2) is 0 Å². The lowest BCUT2D eigenvalue weighted by Crippen LogP contribution is -2.55. The fourth-order valence-electron chi connectivity index (χ4n) is 1.12. The molecule has 0 unspecified atom stereocenters. The number of hydrogen-bond donors (Lipinski definition) is 2. The molecule has 1 saturated heterocycles. The van der Waals surface area contributed by atoms with Crippen molar-refractivity contribution >= 4 is 5.91 Å². The van der Waals surface area contributed by atoms with Gasteiger partial charge in [-0.15, -0.1) is 0 Å². The van der Waals surface area contributed by atoms with E-state index in [-0.39, 0.29) is 17.6 Å². The molecule has 0 radical (unpaired) electrons. The zero-order valence-corrected chi connectivity index (χ0v) is 8.52. The van der Waals surface area contributed by atoms with Crippen LogP contribution in [0, 0.1) is 0 Å². The maximum Gasteiger partial charge on any atom is 0.239 e. The average molecular weight is 186 g/mol. The van der Waals surface area contributed by atoms with Crippen molar-refractivity contribution in [3.63, 3.8) is 0 Å². The van der Waals surface area contributed by atoms with Crippen LogP contribution in [0.5, 0.6) is 0 Å². The van der Waals surface area contributed by atoms with Crippen LogP contribution in [0.1, 0.15) is 20.8 Å². The third kappa shape index (κ3) is 3.74. The molecule has 2 N–H and O–H groups in total. The Kier molecular flexibility index (Phi) is 3.27. The lowest BCUT2D eigenvalue weighted by molar-refractivity contribution is -0.127. The number of nitrogens with one attached hydrogen (secondary N) is 2. The Morgan fingerprint density at radius 1 is 1.46 bits per heavy atom. The van der Waals surface area contributed by atoms with E-state index in [2.05, 4.69) is 10.6 Å². The molecule has 4 heteroatoms. The number of hydrogen-bond acceptors (Lipinski definition) is 3. The topological polar surface area (TPSA) is 50.4 Å². The van der Waals surface area contributed by atoms with E-state index in [1.165, 1.54) is 0 Å². The minimum absolute atomic E-state index is 0.0375. The van der Waals surface area contributed by atoms with Crippen LogP contribution in [0.15, 0.2) is 0 Å². The standard InChI is InChI=1S/C9H18N2O2/c1-9(2,3)13-6-7-8(12)11-5-4-10-7/h7,10H,4-6H2,1-3H3,(H,11,12)/t7-/m1/s1. The highest BCUT2D eigenvalue weighted by molar-refractivity contribution is 5.82. The Morgan fingerprint density at radius 3 is 2.69 bits per heavy atom. The molecule has 0 aromatic rings. The van der Waals surface area contributed by atoms with Crippen LogP contribution in [0.25, 0.3) is 0 Å². The average Bonchev–Trinajstić information content (AvgIpc) is 2.01. The summed E-state index contributed by atoms with van der Waals surface area (Å²) in [5.74, 6) is 0.0375. The molecule has 0 bridgehead atoms. The summed E-state index contributed by atoms with van der Waals surface area (Å²) in [6, 6.07) is -0.187. The summed E-state index contributed by atoms with van der Waals surface area (Å²) in [5, 5.41) is 5.89. The molecule has 1 aliphatic rings. The Bertz CT molecular complexity index is 187. The summed E-state index contributed by atoms with van der Waals surface area (Å²) >= 11 is 0. The molecule has 1 amide bonds. The van der Waals surface area contributed by atoms with E-state index in [0.29, 0.717) is 13.2 Å². The van der Waals surface area contributed by atoms with E-state index in [9.17, 15) is 4.79 Å². The largest absolute Gasteiger partial charge is 0.374 e. The zero-order chi connectivity index (χ0) is 9.90. The van der Waals surface area contributed by atoms with Gasteiger partial charge < -0.3 is 15.4 Å². The van der Waals surface area contributed by atoms with E-state index in [4.69, 9.17) is 4.74 Å². The van der Waals surface area contributed by atoms with Crippen molar-refractivity contribution in [1.29, 1.82) is 0 Å². The SMILES string of the molecule is CC(C)(C)OC[C@H]1NCCNC1=O. The first-order valence-electron chi connectivity index (χ1n) is 4.64. The monoisotopic (exact) mass is 186 g/mol. The van der Waals surface area contributed by atoms with Crippen molar-refractivity contribution < 1.29 is 9.53 Å². The van der Waals surface area contributed by atoms with Crippen molar-refractivity contribution in [2.24, 2.45) is 0 Å². The third-order valence-electron chi connectivity index (χ3n) is 1.81. The third-order valence-corrected chi connectivity index (χ3v) is 1.81. The summed E-state index contributed by atoms with van der Waals surface area (Å²) < 4.78 is 5.52. The van der Waals surface area contributed by atoms with Crippen LogP contribution in [0.4, 0.5) is 0 Å². The van der Waals surface area contributed by atoms with Crippen LogP contribution in [0.2, 0.25) is 0 Å². The fourth-order valence-corrected chi connectivity index (χ4v) is 1.12. The molecule has 1 atom stereocenters. The molecular weight excluding hydrogens is 168 g/mol. The van der Waals surface area contributed by atoms with Crippen LogP contribution < -0.4 is 10.6 Å². The highest BCUT2D eigenvalue weighted by atomic mass is 16.5. The van der Waals surface area contributed by atoms with E-state index in [0.717, 1.165) is 6.54 Å². The molecule has 0 aliphatic carbocycles. The summed E-state index contributed by atoms with van der Waals surface area (Å²) in [7, 11) is 0. The van der Waals surface area contributed by atoms with Gasteiger partial charge in [0.1, 0.15) is 6.04 Å². The number of carbonyl (C=O) groups is 1.